The molecule has 1 aromatic carbocycles. The maximum atomic E-state index is 11.7. The highest BCUT2D eigenvalue weighted by Crippen LogP contribution is 2.14. The molecule has 0 saturated heterocycles. The monoisotopic (exact) mass is 354 g/mol. The topological polar surface area (TPSA) is 67.4 Å². The molecule has 0 aliphatic carbocycles. The zero-order valence-corrected chi connectivity index (χ0v) is 15.0. The van der Waals surface area contributed by atoms with E-state index in [0.29, 0.717) is 13.2 Å². The summed E-state index contributed by atoms with van der Waals surface area (Å²) in [6.45, 7) is 2.83. The summed E-state index contributed by atoms with van der Waals surface area (Å²) in [6, 6.07) is 8.08. The fourth-order valence-electron chi connectivity index (χ4n) is 1.66. The molecular formula is C16H22N2O3S2. The van der Waals surface area contributed by atoms with Gasteiger partial charge < -0.3 is 15.4 Å². The van der Waals surface area contributed by atoms with Crippen molar-refractivity contribution in [3.63, 3.8) is 0 Å². The van der Waals surface area contributed by atoms with Crippen molar-refractivity contribution in [2.24, 2.45) is 0 Å². The molecule has 7 heteroatoms. The summed E-state index contributed by atoms with van der Waals surface area (Å²) >= 11 is 6.75. The Bertz CT molecular complexity index is 533. The van der Waals surface area contributed by atoms with Crippen LogP contribution in [0.25, 0.3) is 0 Å². The molecule has 0 aliphatic heterocycles. The zero-order chi connectivity index (χ0) is 17.1. The summed E-state index contributed by atoms with van der Waals surface area (Å²) in [5.74, 6) is -0.663. The van der Waals surface area contributed by atoms with E-state index in [1.54, 1.807) is 11.8 Å². The molecule has 0 atom stereocenters. The molecule has 0 saturated carbocycles. The maximum Gasteiger partial charge on any atom is 0.306 e. The molecule has 2 N–H and O–H groups in total. The SMILES string of the molecule is CCCOC(=O)CCC(=O)NC(=S)NCc1ccc(SC)cc1. The van der Waals surface area contributed by atoms with Crippen LogP contribution in [0.2, 0.25) is 0 Å². The van der Waals surface area contributed by atoms with Gasteiger partial charge in [0.1, 0.15) is 0 Å². The van der Waals surface area contributed by atoms with Crippen LogP contribution in [0.4, 0.5) is 0 Å². The second-order valence-electron chi connectivity index (χ2n) is 4.80. The van der Waals surface area contributed by atoms with Gasteiger partial charge in [0.05, 0.1) is 13.0 Å². The van der Waals surface area contributed by atoms with Gasteiger partial charge in [0.25, 0.3) is 0 Å². The predicted molar refractivity (Wildman–Crippen MR) is 96.3 cm³/mol. The van der Waals surface area contributed by atoms with Crippen LogP contribution in [0, 0.1) is 0 Å². The van der Waals surface area contributed by atoms with E-state index in [9.17, 15) is 9.59 Å². The summed E-state index contributed by atoms with van der Waals surface area (Å²) in [5, 5.41) is 5.77. The van der Waals surface area contributed by atoms with Crippen molar-refractivity contribution in [2.45, 2.75) is 37.6 Å². The molecule has 23 heavy (non-hydrogen) atoms. The highest BCUT2D eigenvalue weighted by molar-refractivity contribution is 7.98. The summed E-state index contributed by atoms with van der Waals surface area (Å²) in [5.41, 5.74) is 1.07. The predicted octanol–water partition coefficient (Wildman–Crippen LogP) is 2.63. The number of carbonyl (C=O) groups is 2. The first kappa shape index (κ1) is 19.4. The van der Waals surface area contributed by atoms with Gasteiger partial charge in [-0.25, -0.2) is 0 Å². The number of benzene rings is 1. The summed E-state index contributed by atoms with van der Waals surface area (Å²) < 4.78 is 4.90. The van der Waals surface area contributed by atoms with Gasteiger partial charge in [-0.05, 0) is 42.6 Å². The third-order valence-corrected chi connectivity index (χ3v) is 3.88. The molecule has 0 spiro atoms. The van der Waals surface area contributed by atoms with Crippen LogP contribution in [-0.4, -0.2) is 29.9 Å². The number of hydrogen-bond acceptors (Lipinski definition) is 5. The van der Waals surface area contributed by atoms with E-state index in [1.165, 1.54) is 4.90 Å². The standard InChI is InChI=1S/C16H22N2O3S2/c1-3-10-21-15(20)9-8-14(19)18-16(22)17-11-12-4-6-13(23-2)7-5-12/h4-7H,3,8-11H2,1-2H3,(H2,17,18,19,22). The zero-order valence-electron chi connectivity index (χ0n) is 13.4. The van der Waals surface area contributed by atoms with E-state index in [1.807, 2.05) is 37.4 Å². The van der Waals surface area contributed by atoms with E-state index in [-0.39, 0.29) is 29.8 Å². The Morgan fingerprint density at radius 3 is 2.52 bits per heavy atom. The number of carbonyl (C=O) groups excluding carboxylic acids is 2. The molecule has 0 bridgehead atoms. The van der Waals surface area contributed by atoms with Gasteiger partial charge in [0.15, 0.2) is 5.11 Å². The van der Waals surface area contributed by atoms with Crippen molar-refractivity contribution in [3.8, 4) is 0 Å². The van der Waals surface area contributed by atoms with Crippen molar-refractivity contribution in [2.75, 3.05) is 12.9 Å². The Labute approximate surface area is 146 Å². The molecule has 1 aromatic rings. The van der Waals surface area contributed by atoms with Crippen LogP contribution < -0.4 is 10.6 Å². The summed E-state index contributed by atoms with van der Waals surface area (Å²) in [6.07, 6.45) is 2.91. The number of ether oxygens (including phenoxy) is 1. The smallest absolute Gasteiger partial charge is 0.306 e. The molecule has 5 nitrogen and oxygen atoms in total. The summed E-state index contributed by atoms with van der Waals surface area (Å²) in [7, 11) is 0. The number of nitrogens with one attached hydrogen (secondary N) is 2. The maximum absolute atomic E-state index is 11.7. The number of thiocarbonyl (C=S) groups is 1. The fraction of sp³-hybridized carbons (Fsp3) is 0.438. The molecule has 0 heterocycles. The van der Waals surface area contributed by atoms with Gasteiger partial charge >= 0.3 is 5.97 Å². The van der Waals surface area contributed by atoms with Gasteiger partial charge in [-0.3, -0.25) is 9.59 Å². The second-order valence-corrected chi connectivity index (χ2v) is 6.09. The van der Waals surface area contributed by atoms with E-state index < -0.39 is 0 Å². The number of hydrogen-bond donors (Lipinski definition) is 2. The number of amides is 1. The van der Waals surface area contributed by atoms with Gasteiger partial charge in [-0.1, -0.05) is 19.1 Å². The molecule has 126 valence electrons. The average Bonchev–Trinajstić information content (AvgIpc) is 2.56. The summed E-state index contributed by atoms with van der Waals surface area (Å²) in [4.78, 5) is 24.2. The fourth-order valence-corrected chi connectivity index (χ4v) is 2.26. The van der Waals surface area contributed by atoms with Gasteiger partial charge in [-0.15, -0.1) is 11.8 Å². The first-order valence-corrected chi connectivity index (χ1v) is 9.04. The molecular weight excluding hydrogens is 332 g/mol. The van der Waals surface area contributed by atoms with Crippen LogP contribution >= 0.6 is 24.0 Å². The molecule has 1 rings (SSSR count). The number of rotatable bonds is 8. The van der Waals surface area contributed by atoms with Crippen LogP contribution in [0.15, 0.2) is 29.2 Å². The first-order chi connectivity index (χ1) is 11.0. The van der Waals surface area contributed by atoms with E-state index in [2.05, 4.69) is 10.6 Å². The van der Waals surface area contributed by atoms with Crippen LogP contribution in [0.3, 0.4) is 0 Å². The largest absolute Gasteiger partial charge is 0.466 e. The van der Waals surface area contributed by atoms with Crippen LogP contribution in [0.1, 0.15) is 31.7 Å². The highest BCUT2D eigenvalue weighted by atomic mass is 32.2. The molecule has 0 aliphatic rings. The number of thioether (sulfide) groups is 1. The average molecular weight is 354 g/mol. The quantitative estimate of drug-likeness (QED) is 0.425. The minimum Gasteiger partial charge on any atom is -0.466 e. The Morgan fingerprint density at radius 2 is 1.91 bits per heavy atom. The van der Waals surface area contributed by atoms with E-state index >= 15 is 0 Å². The lowest BCUT2D eigenvalue weighted by atomic mass is 10.2. The van der Waals surface area contributed by atoms with E-state index in [4.69, 9.17) is 17.0 Å². The molecule has 0 fully saturated rings. The van der Waals surface area contributed by atoms with Crippen molar-refractivity contribution in [1.82, 2.24) is 10.6 Å². The second kappa shape index (κ2) is 11.0. The van der Waals surface area contributed by atoms with Gasteiger partial charge in [0, 0.05) is 17.9 Å². The lowest BCUT2D eigenvalue weighted by Gasteiger charge is -2.10. The van der Waals surface area contributed by atoms with Crippen LogP contribution in [0.5, 0.6) is 0 Å². The van der Waals surface area contributed by atoms with Gasteiger partial charge in [-0.2, -0.15) is 0 Å². The first-order valence-electron chi connectivity index (χ1n) is 7.41. The van der Waals surface area contributed by atoms with Gasteiger partial charge in [0.2, 0.25) is 5.91 Å². The minimum absolute atomic E-state index is 0.0601. The molecule has 1 amide bonds. The Kier molecular flexibility index (Phi) is 9.31. The lowest BCUT2D eigenvalue weighted by Crippen LogP contribution is -2.38. The number of esters is 1. The Morgan fingerprint density at radius 1 is 1.22 bits per heavy atom. The molecule has 0 aromatic heterocycles. The third-order valence-electron chi connectivity index (χ3n) is 2.89. The van der Waals surface area contributed by atoms with Crippen LogP contribution in [-0.2, 0) is 20.9 Å². The van der Waals surface area contributed by atoms with Crippen molar-refractivity contribution in [3.05, 3.63) is 29.8 Å². The normalized spacial score (nSPS) is 10.0. The van der Waals surface area contributed by atoms with E-state index in [0.717, 1.165) is 12.0 Å². The van der Waals surface area contributed by atoms with Crippen molar-refractivity contribution >= 4 is 41.0 Å². The highest BCUT2D eigenvalue weighted by Gasteiger charge is 2.09. The molecule has 0 radical (unpaired) electrons. The van der Waals surface area contributed by atoms with Crippen molar-refractivity contribution < 1.29 is 14.3 Å². The van der Waals surface area contributed by atoms with Crippen molar-refractivity contribution in [1.29, 1.82) is 0 Å². The third kappa shape index (κ3) is 8.56. The molecule has 0 unspecified atom stereocenters. The minimum atomic E-state index is -0.366. The Balaban J connectivity index is 2.24. The Hall–Kier alpha value is -1.60. The lowest BCUT2D eigenvalue weighted by molar-refractivity contribution is -0.144.